The van der Waals surface area contributed by atoms with Crippen LogP contribution in [0.3, 0.4) is 0 Å². The van der Waals surface area contributed by atoms with Crippen molar-refractivity contribution in [1.82, 2.24) is 9.97 Å². The summed E-state index contributed by atoms with van der Waals surface area (Å²) >= 11 is 0. The van der Waals surface area contributed by atoms with Crippen molar-refractivity contribution in [2.45, 2.75) is 6.04 Å². The second-order valence-electron chi connectivity index (χ2n) is 7.87. The molecule has 1 unspecified atom stereocenters. The number of ketones is 1. The molecule has 2 N–H and O–H groups in total. The second-order valence-corrected chi connectivity index (χ2v) is 7.87. The van der Waals surface area contributed by atoms with Crippen molar-refractivity contribution < 1.29 is 28.6 Å². The van der Waals surface area contributed by atoms with Crippen molar-refractivity contribution in [2.75, 3.05) is 19.1 Å². The Morgan fingerprint density at radius 3 is 2.51 bits per heavy atom. The van der Waals surface area contributed by atoms with Crippen LogP contribution >= 0.6 is 0 Å². The number of fused-ring (bicyclic) bond motifs is 1. The van der Waals surface area contributed by atoms with Crippen molar-refractivity contribution in [2.24, 2.45) is 0 Å². The van der Waals surface area contributed by atoms with Crippen LogP contribution in [0.2, 0.25) is 0 Å². The highest BCUT2D eigenvalue weighted by atomic mass is 19.1. The molecule has 0 radical (unpaired) electrons. The summed E-state index contributed by atoms with van der Waals surface area (Å²) in [6.45, 7) is 0. The van der Waals surface area contributed by atoms with E-state index < -0.39 is 29.3 Å². The molecule has 3 aromatic carbocycles. The number of carbonyl (C=O) groups is 2. The maximum absolute atomic E-state index is 13.7. The fourth-order valence-electron chi connectivity index (χ4n) is 4.22. The molecule has 1 amide bonds. The molecule has 1 atom stereocenters. The number of amides is 1. The number of aliphatic hydroxyl groups is 1. The van der Waals surface area contributed by atoms with E-state index in [9.17, 15) is 19.1 Å². The molecule has 35 heavy (non-hydrogen) atoms. The smallest absolute Gasteiger partial charge is 0.302 e. The monoisotopic (exact) mass is 473 g/mol. The molecule has 1 saturated heterocycles. The van der Waals surface area contributed by atoms with E-state index in [-0.39, 0.29) is 22.8 Å². The summed E-state index contributed by atoms with van der Waals surface area (Å²) in [6.07, 6.45) is 0. The first-order valence-corrected chi connectivity index (χ1v) is 10.7. The highest BCUT2D eigenvalue weighted by molar-refractivity contribution is 6.51. The third-order valence-electron chi connectivity index (χ3n) is 5.88. The van der Waals surface area contributed by atoms with Crippen molar-refractivity contribution in [1.29, 1.82) is 0 Å². The largest absolute Gasteiger partial charge is 0.507 e. The standard InChI is InChI=1S/C26H20FN3O5/c1-34-16-9-10-17(20(13-16)35-2)23(31)21-22(14-6-4-3-5-7-14)30(25(33)24(21)32)26-28-18-11-8-15(27)12-19(18)29-26/h3-13,22,31H,1-2H3,(H,28,29)/b23-21+. The van der Waals surface area contributed by atoms with E-state index in [0.717, 1.165) is 0 Å². The Morgan fingerprint density at radius 2 is 1.80 bits per heavy atom. The van der Waals surface area contributed by atoms with Gasteiger partial charge in [0, 0.05) is 6.07 Å². The zero-order chi connectivity index (χ0) is 24.7. The molecule has 0 spiro atoms. The number of methoxy groups -OCH3 is 2. The summed E-state index contributed by atoms with van der Waals surface area (Å²) in [6, 6.07) is 16.5. The fraction of sp³-hybridized carbons (Fsp3) is 0.115. The van der Waals surface area contributed by atoms with Crippen LogP contribution in [0.25, 0.3) is 16.8 Å². The van der Waals surface area contributed by atoms with Gasteiger partial charge in [-0.05, 0) is 35.9 Å². The number of Topliss-reactive ketones (excluding diaryl/α,β-unsaturated/α-hetero) is 1. The van der Waals surface area contributed by atoms with Crippen LogP contribution in [0.4, 0.5) is 10.3 Å². The van der Waals surface area contributed by atoms with E-state index in [2.05, 4.69) is 9.97 Å². The molecule has 1 aliphatic rings. The number of nitrogens with zero attached hydrogens (tertiary/aromatic N) is 2. The lowest BCUT2D eigenvalue weighted by Gasteiger charge is -2.23. The molecule has 4 aromatic rings. The number of aromatic nitrogens is 2. The van der Waals surface area contributed by atoms with Crippen LogP contribution in [-0.2, 0) is 9.59 Å². The van der Waals surface area contributed by atoms with Crippen LogP contribution < -0.4 is 14.4 Å². The highest BCUT2D eigenvalue weighted by Crippen LogP contribution is 2.43. The number of carbonyl (C=O) groups excluding carboxylic acids is 2. The van der Waals surface area contributed by atoms with Crippen LogP contribution in [0.15, 0.2) is 72.3 Å². The Balaban J connectivity index is 1.73. The van der Waals surface area contributed by atoms with Crippen molar-refractivity contribution in [3.63, 3.8) is 0 Å². The fourth-order valence-corrected chi connectivity index (χ4v) is 4.22. The van der Waals surface area contributed by atoms with Crippen LogP contribution in [-0.4, -0.2) is 41.0 Å². The Hall–Kier alpha value is -4.66. The molecule has 9 heteroatoms. The number of imidazole rings is 1. The highest BCUT2D eigenvalue weighted by Gasteiger charge is 2.48. The van der Waals surface area contributed by atoms with Crippen LogP contribution in [0.1, 0.15) is 17.2 Å². The van der Waals surface area contributed by atoms with Gasteiger partial charge in [-0.2, -0.15) is 0 Å². The van der Waals surface area contributed by atoms with E-state index >= 15 is 0 Å². The van der Waals surface area contributed by atoms with Gasteiger partial charge in [-0.1, -0.05) is 30.3 Å². The molecule has 2 heterocycles. The zero-order valence-electron chi connectivity index (χ0n) is 18.8. The Kier molecular flexibility index (Phi) is 5.44. The average Bonchev–Trinajstić information content (AvgIpc) is 3.41. The molecule has 0 aliphatic carbocycles. The molecule has 0 saturated carbocycles. The molecule has 8 nitrogen and oxygen atoms in total. The predicted molar refractivity (Wildman–Crippen MR) is 127 cm³/mol. The Bertz CT molecular complexity index is 1500. The average molecular weight is 473 g/mol. The number of nitrogens with one attached hydrogen (secondary N) is 1. The minimum atomic E-state index is -0.992. The number of aromatic amines is 1. The summed E-state index contributed by atoms with van der Waals surface area (Å²) in [7, 11) is 2.92. The first-order chi connectivity index (χ1) is 16.9. The normalized spacial score (nSPS) is 17.2. The van der Waals surface area contributed by atoms with Crippen LogP contribution in [0.5, 0.6) is 11.5 Å². The van der Waals surface area contributed by atoms with E-state index in [1.165, 1.54) is 37.3 Å². The van der Waals surface area contributed by atoms with Crippen molar-refractivity contribution >= 4 is 34.4 Å². The maximum atomic E-state index is 13.7. The van der Waals surface area contributed by atoms with E-state index in [1.54, 1.807) is 48.5 Å². The molecular weight excluding hydrogens is 453 g/mol. The number of hydrogen-bond donors (Lipinski definition) is 2. The minimum Gasteiger partial charge on any atom is -0.507 e. The topological polar surface area (TPSA) is 105 Å². The van der Waals surface area contributed by atoms with Crippen molar-refractivity contribution in [3.8, 4) is 11.5 Å². The lowest BCUT2D eigenvalue weighted by Crippen LogP contribution is -2.30. The molecule has 1 aromatic heterocycles. The summed E-state index contributed by atoms with van der Waals surface area (Å²) in [4.78, 5) is 35.1. The summed E-state index contributed by atoms with van der Waals surface area (Å²) in [5.41, 5.74) is 1.46. The Morgan fingerprint density at radius 1 is 1.03 bits per heavy atom. The number of H-pyrrole nitrogens is 1. The van der Waals surface area contributed by atoms with Gasteiger partial charge in [0.15, 0.2) is 0 Å². The van der Waals surface area contributed by atoms with Crippen LogP contribution in [0, 0.1) is 5.82 Å². The van der Waals surface area contributed by atoms with Gasteiger partial charge in [0.05, 0.1) is 42.4 Å². The molecule has 1 fully saturated rings. The molecule has 5 rings (SSSR count). The number of benzene rings is 3. The quantitative estimate of drug-likeness (QED) is 0.254. The van der Waals surface area contributed by atoms with E-state index in [0.29, 0.717) is 22.3 Å². The number of ether oxygens (including phenoxy) is 2. The predicted octanol–water partition coefficient (Wildman–Crippen LogP) is 4.35. The number of rotatable bonds is 5. The molecule has 176 valence electrons. The van der Waals surface area contributed by atoms with E-state index in [1.807, 2.05) is 0 Å². The molecular formula is C26H20FN3O5. The molecule has 1 aliphatic heterocycles. The SMILES string of the molecule is COc1ccc(/C(O)=C2\C(=O)C(=O)N(c3nc4ccc(F)cc4[nH]3)C2c2ccccc2)c(OC)c1. The third kappa shape index (κ3) is 3.67. The number of hydrogen-bond acceptors (Lipinski definition) is 6. The van der Waals surface area contributed by atoms with Gasteiger partial charge in [0.2, 0.25) is 5.95 Å². The lowest BCUT2D eigenvalue weighted by atomic mass is 9.95. The second kappa shape index (κ2) is 8.60. The summed E-state index contributed by atoms with van der Waals surface area (Å²) in [5.74, 6) is -1.83. The third-order valence-corrected chi connectivity index (χ3v) is 5.88. The van der Waals surface area contributed by atoms with Crippen molar-refractivity contribution in [3.05, 3.63) is 89.2 Å². The summed E-state index contributed by atoms with van der Waals surface area (Å²) < 4.78 is 24.3. The lowest BCUT2D eigenvalue weighted by molar-refractivity contribution is -0.132. The Labute approximate surface area is 199 Å². The van der Waals surface area contributed by atoms with Gasteiger partial charge in [0.25, 0.3) is 5.78 Å². The van der Waals surface area contributed by atoms with E-state index in [4.69, 9.17) is 9.47 Å². The van der Waals surface area contributed by atoms with Gasteiger partial charge in [0.1, 0.15) is 23.1 Å². The summed E-state index contributed by atoms with van der Waals surface area (Å²) in [5, 5.41) is 11.3. The van der Waals surface area contributed by atoms with Gasteiger partial charge >= 0.3 is 5.91 Å². The van der Waals surface area contributed by atoms with Gasteiger partial charge < -0.3 is 19.6 Å². The maximum Gasteiger partial charge on any atom is 0.302 e. The molecule has 0 bridgehead atoms. The number of halogens is 1. The van der Waals surface area contributed by atoms with Gasteiger partial charge in [-0.15, -0.1) is 0 Å². The zero-order valence-corrected chi connectivity index (χ0v) is 18.8. The first-order valence-electron chi connectivity index (χ1n) is 10.7. The van der Waals surface area contributed by atoms with Gasteiger partial charge in [-0.3, -0.25) is 14.5 Å². The minimum absolute atomic E-state index is 0.0577. The number of anilines is 1. The van der Waals surface area contributed by atoms with Gasteiger partial charge in [-0.25, -0.2) is 9.37 Å². The number of aliphatic hydroxyl groups excluding tert-OH is 1. The first kappa shape index (κ1) is 22.1.